The van der Waals surface area contributed by atoms with Crippen LogP contribution in [0.4, 0.5) is 4.39 Å². The van der Waals surface area contributed by atoms with Crippen LogP contribution in [0.5, 0.6) is 5.75 Å². The second kappa shape index (κ2) is 8.97. The molecule has 2 N–H and O–H groups in total. The van der Waals surface area contributed by atoms with Crippen LogP contribution in [0.1, 0.15) is 30.3 Å². The third kappa shape index (κ3) is 4.50. The van der Waals surface area contributed by atoms with Crippen LogP contribution in [0.2, 0.25) is 5.02 Å². The summed E-state index contributed by atoms with van der Waals surface area (Å²) in [6.45, 7) is 1.72. The van der Waals surface area contributed by atoms with Gasteiger partial charge in [0.2, 0.25) is 15.9 Å². The monoisotopic (exact) mass is 491 g/mol. The molecular weight excluding hydrogens is 473 g/mol. The lowest BCUT2D eigenvalue weighted by Crippen LogP contribution is -2.32. The zero-order valence-corrected chi connectivity index (χ0v) is 19.1. The zero-order chi connectivity index (χ0) is 23.8. The number of fused-ring (bicyclic) bond motifs is 1. The molecule has 1 heterocycles. The molecule has 0 saturated heterocycles. The number of benzene rings is 3. The van der Waals surface area contributed by atoms with E-state index in [0.717, 1.165) is 0 Å². The van der Waals surface area contributed by atoms with Crippen LogP contribution in [0.25, 0.3) is 10.8 Å². The predicted octanol–water partition coefficient (Wildman–Crippen LogP) is 4.14. The van der Waals surface area contributed by atoms with Gasteiger partial charge in [0, 0.05) is 22.4 Å². The molecular formula is C22H19ClFN3O5S. The fourth-order valence-electron chi connectivity index (χ4n) is 3.71. The number of rotatable bonds is 7. The van der Waals surface area contributed by atoms with Gasteiger partial charge in [-0.05, 0) is 29.1 Å². The van der Waals surface area contributed by atoms with E-state index in [1.165, 1.54) is 31.4 Å². The molecule has 0 saturated carbocycles. The molecule has 0 radical (unpaired) electrons. The van der Waals surface area contributed by atoms with Gasteiger partial charge in [-0.15, -0.1) is 5.10 Å². The molecule has 0 amide bonds. The molecule has 2 atom stereocenters. The van der Waals surface area contributed by atoms with Gasteiger partial charge in [-0.2, -0.15) is 4.72 Å². The molecule has 0 fully saturated rings. The van der Waals surface area contributed by atoms with E-state index in [1.54, 1.807) is 37.3 Å². The summed E-state index contributed by atoms with van der Waals surface area (Å²) in [4.78, 5) is 11.5. The number of nitrogens with zero attached hydrogens (tertiary/aromatic N) is 1. The van der Waals surface area contributed by atoms with Crippen LogP contribution in [0.3, 0.4) is 0 Å². The van der Waals surface area contributed by atoms with E-state index < -0.39 is 33.6 Å². The third-order valence-electron chi connectivity index (χ3n) is 5.31. The largest absolute Gasteiger partial charge is 0.495 e. The van der Waals surface area contributed by atoms with Crippen molar-refractivity contribution in [1.82, 2.24) is 14.9 Å². The van der Waals surface area contributed by atoms with E-state index in [1.807, 2.05) is 0 Å². The lowest BCUT2D eigenvalue weighted by atomic mass is 9.89. The van der Waals surface area contributed by atoms with Gasteiger partial charge in [-0.1, -0.05) is 48.9 Å². The van der Waals surface area contributed by atoms with Crippen LogP contribution in [-0.4, -0.2) is 25.7 Å². The summed E-state index contributed by atoms with van der Waals surface area (Å²) in [5.74, 6) is -1.99. The summed E-state index contributed by atoms with van der Waals surface area (Å²) in [6, 6.07) is 12.7. The Bertz CT molecular complexity index is 1480. The van der Waals surface area contributed by atoms with Crippen molar-refractivity contribution < 1.29 is 22.0 Å². The summed E-state index contributed by atoms with van der Waals surface area (Å²) in [5, 5.41) is 7.26. The van der Waals surface area contributed by atoms with Gasteiger partial charge in [0.15, 0.2) is 0 Å². The van der Waals surface area contributed by atoms with Crippen LogP contribution >= 0.6 is 11.6 Å². The fraction of sp³-hybridized carbons (Fsp3) is 0.182. The maximum atomic E-state index is 14.4. The Morgan fingerprint density at radius 2 is 1.88 bits per heavy atom. The average Bonchev–Trinajstić information content (AvgIpc) is 3.22. The molecule has 8 nitrogen and oxygen atoms in total. The van der Waals surface area contributed by atoms with Crippen molar-refractivity contribution in [2.45, 2.75) is 23.8 Å². The number of aromatic amines is 1. The maximum Gasteiger partial charge on any atom is 0.434 e. The lowest BCUT2D eigenvalue weighted by Gasteiger charge is -2.24. The number of hydrogen-bond acceptors (Lipinski definition) is 6. The minimum absolute atomic E-state index is 0.0390. The van der Waals surface area contributed by atoms with Crippen LogP contribution in [0.15, 0.2) is 68.7 Å². The SMILES string of the molecule is COc1cc(Cl)ccc1S(=O)(=O)N[C@H](c1n[nH]c(=O)o1)[C@H](C)c1cccc2c(F)cccc12. The summed E-state index contributed by atoms with van der Waals surface area (Å²) in [7, 11) is -2.87. The molecule has 11 heteroatoms. The van der Waals surface area contributed by atoms with Gasteiger partial charge in [0.05, 0.1) is 7.11 Å². The van der Waals surface area contributed by atoms with E-state index in [0.29, 0.717) is 21.4 Å². The quantitative estimate of drug-likeness (QED) is 0.401. The molecule has 0 aliphatic rings. The molecule has 3 aromatic carbocycles. The minimum atomic E-state index is -4.20. The molecule has 33 heavy (non-hydrogen) atoms. The number of H-pyrrole nitrogens is 1. The first-order valence-electron chi connectivity index (χ1n) is 9.79. The third-order valence-corrected chi connectivity index (χ3v) is 7.03. The van der Waals surface area contributed by atoms with Gasteiger partial charge in [-0.3, -0.25) is 0 Å². The van der Waals surface area contributed by atoms with Gasteiger partial charge in [0.1, 0.15) is 22.5 Å². The molecule has 4 aromatic rings. The van der Waals surface area contributed by atoms with E-state index >= 15 is 0 Å². The minimum Gasteiger partial charge on any atom is -0.495 e. The highest BCUT2D eigenvalue weighted by molar-refractivity contribution is 7.89. The second-order valence-electron chi connectivity index (χ2n) is 7.32. The van der Waals surface area contributed by atoms with E-state index in [4.69, 9.17) is 20.8 Å². The maximum absolute atomic E-state index is 14.4. The number of sulfonamides is 1. The van der Waals surface area contributed by atoms with Crippen LogP contribution in [0, 0.1) is 5.82 Å². The van der Waals surface area contributed by atoms with Crippen molar-refractivity contribution in [3.8, 4) is 5.75 Å². The number of nitrogens with one attached hydrogen (secondary N) is 2. The van der Waals surface area contributed by atoms with Crippen molar-refractivity contribution in [3.05, 3.63) is 87.4 Å². The Hall–Kier alpha value is -3.21. The molecule has 0 bridgehead atoms. The molecule has 0 unspecified atom stereocenters. The second-order valence-corrected chi connectivity index (χ2v) is 9.44. The van der Waals surface area contributed by atoms with E-state index in [2.05, 4.69) is 14.9 Å². The first-order valence-corrected chi connectivity index (χ1v) is 11.7. The highest BCUT2D eigenvalue weighted by Gasteiger charge is 2.33. The Morgan fingerprint density at radius 3 is 2.58 bits per heavy atom. The Labute approximate surface area is 193 Å². The summed E-state index contributed by atoms with van der Waals surface area (Å²) < 4.78 is 53.8. The number of ether oxygens (including phenoxy) is 1. The summed E-state index contributed by atoms with van der Waals surface area (Å²) in [6.07, 6.45) is 0. The van der Waals surface area contributed by atoms with Gasteiger partial charge in [-0.25, -0.2) is 22.7 Å². The van der Waals surface area contributed by atoms with Crippen LogP contribution < -0.4 is 15.2 Å². The van der Waals surface area contributed by atoms with Crippen molar-refractivity contribution >= 4 is 32.4 Å². The average molecular weight is 492 g/mol. The highest BCUT2D eigenvalue weighted by Crippen LogP contribution is 2.36. The molecule has 0 aliphatic heterocycles. The Balaban J connectivity index is 1.82. The highest BCUT2D eigenvalue weighted by atomic mass is 35.5. The van der Waals surface area contributed by atoms with Crippen LogP contribution in [-0.2, 0) is 10.0 Å². The summed E-state index contributed by atoms with van der Waals surface area (Å²) in [5.41, 5.74) is 0.633. The normalized spacial score (nSPS) is 13.7. The van der Waals surface area contributed by atoms with E-state index in [-0.39, 0.29) is 16.5 Å². The standard InChI is InChI=1S/C22H19ClFN3O5S/c1-12(14-5-3-7-16-15(14)6-4-8-17(16)24)20(21-25-26-22(28)32-21)27-33(29,30)19-10-9-13(23)11-18(19)31-2/h3-12,20,27H,1-2H3,(H,26,28)/t12-,20+/m1/s1. The summed E-state index contributed by atoms with van der Waals surface area (Å²) >= 11 is 5.96. The van der Waals surface area contributed by atoms with Gasteiger partial charge >= 0.3 is 5.76 Å². The predicted molar refractivity (Wildman–Crippen MR) is 121 cm³/mol. The smallest absolute Gasteiger partial charge is 0.434 e. The lowest BCUT2D eigenvalue weighted by molar-refractivity contribution is 0.380. The van der Waals surface area contributed by atoms with Gasteiger partial charge in [0.25, 0.3) is 0 Å². The number of methoxy groups -OCH3 is 1. The van der Waals surface area contributed by atoms with E-state index in [9.17, 15) is 17.6 Å². The topological polar surface area (TPSA) is 114 Å². The van der Waals surface area contributed by atoms with Gasteiger partial charge < -0.3 is 9.15 Å². The molecule has 172 valence electrons. The van der Waals surface area contributed by atoms with Crippen molar-refractivity contribution in [2.24, 2.45) is 0 Å². The Morgan fingerprint density at radius 1 is 1.15 bits per heavy atom. The zero-order valence-electron chi connectivity index (χ0n) is 17.5. The first kappa shape index (κ1) is 23.0. The van der Waals surface area contributed by atoms with Crippen molar-refractivity contribution in [3.63, 3.8) is 0 Å². The number of aromatic nitrogens is 2. The molecule has 4 rings (SSSR count). The Kier molecular flexibility index (Phi) is 6.24. The number of halogens is 2. The molecule has 1 aromatic heterocycles. The van der Waals surface area contributed by atoms with Crippen molar-refractivity contribution in [2.75, 3.05) is 7.11 Å². The molecule has 0 aliphatic carbocycles. The number of hydrogen-bond donors (Lipinski definition) is 2. The fourth-order valence-corrected chi connectivity index (χ4v) is 5.29. The van der Waals surface area contributed by atoms with Crippen molar-refractivity contribution in [1.29, 1.82) is 0 Å². The first-order chi connectivity index (χ1) is 15.7. The molecule has 0 spiro atoms.